The first-order valence-corrected chi connectivity index (χ1v) is 5.00. The van der Waals surface area contributed by atoms with Gasteiger partial charge in [0.2, 0.25) is 5.91 Å². The highest BCUT2D eigenvalue weighted by atomic mass is 16.2. The molecule has 4 nitrogen and oxygen atoms in total. The lowest BCUT2D eigenvalue weighted by Gasteiger charge is -2.23. The Bertz CT molecular complexity index is 207. The molecule has 0 spiro atoms. The smallest absolute Gasteiger partial charge is 0.236 e. The van der Waals surface area contributed by atoms with Gasteiger partial charge >= 0.3 is 0 Å². The van der Waals surface area contributed by atoms with Crippen LogP contribution < -0.4 is 10.6 Å². The maximum absolute atomic E-state index is 11.6. The minimum atomic E-state index is 0.249. The van der Waals surface area contributed by atoms with E-state index in [0.717, 1.165) is 25.9 Å². The number of likely N-dealkylation sites (tertiary alicyclic amines) is 1. The molecule has 0 bridgehead atoms. The lowest BCUT2D eigenvalue weighted by Crippen LogP contribution is -2.42. The molecule has 2 aliphatic heterocycles. The molecular weight excluding hydrogens is 166 g/mol. The van der Waals surface area contributed by atoms with E-state index in [0.29, 0.717) is 18.6 Å². The van der Waals surface area contributed by atoms with E-state index in [9.17, 15) is 4.79 Å². The van der Waals surface area contributed by atoms with E-state index >= 15 is 0 Å². The Kier molecular flexibility index (Phi) is 2.51. The zero-order valence-corrected chi connectivity index (χ0v) is 8.05. The Morgan fingerprint density at radius 1 is 1.62 bits per heavy atom. The third-order valence-corrected chi connectivity index (χ3v) is 3.04. The van der Waals surface area contributed by atoms with Gasteiger partial charge in [0, 0.05) is 18.6 Å². The standard InChI is InChI=1S/C9H17N3O/c1-10-6-9(13)12-5-3-7-8(12)2-4-11-7/h7-8,10-11H,2-6H2,1H3. The van der Waals surface area contributed by atoms with Crippen molar-refractivity contribution in [2.45, 2.75) is 24.9 Å². The van der Waals surface area contributed by atoms with Crippen molar-refractivity contribution in [2.75, 3.05) is 26.7 Å². The molecule has 0 aromatic carbocycles. The van der Waals surface area contributed by atoms with Gasteiger partial charge in [-0.2, -0.15) is 0 Å². The number of hydrogen-bond donors (Lipinski definition) is 2. The fourth-order valence-electron chi connectivity index (χ4n) is 2.43. The van der Waals surface area contributed by atoms with Crippen molar-refractivity contribution in [2.24, 2.45) is 0 Å². The maximum Gasteiger partial charge on any atom is 0.236 e. The average molecular weight is 183 g/mol. The van der Waals surface area contributed by atoms with Crippen LogP contribution in [0.3, 0.4) is 0 Å². The Morgan fingerprint density at radius 2 is 2.46 bits per heavy atom. The van der Waals surface area contributed by atoms with Crippen LogP contribution in [-0.4, -0.2) is 49.6 Å². The zero-order chi connectivity index (χ0) is 9.26. The van der Waals surface area contributed by atoms with Crippen LogP contribution in [0.5, 0.6) is 0 Å². The predicted molar refractivity (Wildman–Crippen MR) is 50.5 cm³/mol. The van der Waals surface area contributed by atoms with Gasteiger partial charge in [-0.1, -0.05) is 0 Å². The molecule has 0 radical (unpaired) electrons. The summed E-state index contributed by atoms with van der Waals surface area (Å²) in [6.07, 6.45) is 2.25. The highest BCUT2D eigenvalue weighted by molar-refractivity contribution is 5.79. The summed E-state index contributed by atoms with van der Waals surface area (Å²) in [5.74, 6) is 0.249. The number of hydrogen-bond acceptors (Lipinski definition) is 3. The van der Waals surface area contributed by atoms with Gasteiger partial charge in [-0.15, -0.1) is 0 Å². The van der Waals surface area contributed by atoms with Gasteiger partial charge < -0.3 is 15.5 Å². The molecule has 2 heterocycles. The van der Waals surface area contributed by atoms with E-state index < -0.39 is 0 Å². The van der Waals surface area contributed by atoms with Crippen LogP contribution in [0.15, 0.2) is 0 Å². The predicted octanol–water partition coefficient (Wildman–Crippen LogP) is -0.831. The highest BCUT2D eigenvalue weighted by Crippen LogP contribution is 2.24. The minimum Gasteiger partial charge on any atom is -0.337 e. The molecule has 0 saturated carbocycles. The zero-order valence-electron chi connectivity index (χ0n) is 8.05. The molecule has 4 heteroatoms. The summed E-state index contributed by atoms with van der Waals surface area (Å²) in [7, 11) is 1.82. The molecule has 0 aromatic heterocycles. The van der Waals surface area contributed by atoms with E-state index in [1.807, 2.05) is 11.9 Å². The quantitative estimate of drug-likeness (QED) is 0.587. The van der Waals surface area contributed by atoms with Crippen molar-refractivity contribution in [3.63, 3.8) is 0 Å². The molecule has 0 aliphatic carbocycles. The molecule has 2 aliphatic rings. The second-order valence-electron chi connectivity index (χ2n) is 3.82. The van der Waals surface area contributed by atoms with Crippen LogP contribution >= 0.6 is 0 Å². The van der Waals surface area contributed by atoms with Crippen LogP contribution in [0, 0.1) is 0 Å². The van der Waals surface area contributed by atoms with E-state index in [4.69, 9.17) is 0 Å². The highest BCUT2D eigenvalue weighted by Gasteiger charge is 2.39. The fourth-order valence-corrected chi connectivity index (χ4v) is 2.43. The average Bonchev–Trinajstić information content (AvgIpc) is 2.62. The molecule has 2 N–H and O–H groups in total. The monoisotopic (exact) mass is 183 g/mol. The molecule has 2 fully saturated rings. The largest absolute Gasteiger partial charge is 0.337 e. The van der Waals surface area contributed by atoms with Crippen LogP contribution in [0.2, 0.25) is 0 Å². The fraction of sp³-hybridized carbons (Fsp3) is 0.889. The molecule has 1 amide bonds. The van der Waals surface area contributed by atoms with Crippen molar-refractivity contribution >= 4 is 5.91 Å². The number of likely N-dealkylation sites (N-methyl/N-ethyl adjacent to an activating group) is 1. The van der Waals surface area contributed by atoms with Crippen molar-refractivity contribution in [3.8, 4) is 0 Å². The normalized spacial score (nSPS) is 32.2. The summed E-state index contributed by atoms with van der Waals surface area (Å²) in [5, 5.41) is 6.34. The first-order valence-electron chi connectivity index (χ1n) is 5.00. The van der Waals surface area contributed by atoms with E-state index in [2.05, 4.69) is 10.6 Å². The maximum atomic E-state index is 11.6. The lowest BCUT2D eigenvalue weighted by molar-refractivity contribution is -0.130. The third-order valence-electron chi connectivity index (χ3n) is 3.04. The number of rotatable bonds is 2. The summed E-state index contributed by atoms with van der Waals surface area (Å²) in [6.45, 7) is 2.48. The number of nitrogens with zero attached hydrogens (tertiary/aromatic N) is 1. The molecule has 2 saturated heterocycles. The Morgan fingerprint density at radius 3 is 3.23 bits per heavy atom. The molecule has 2 rings (SSSR count). The van der Waals surface area contributed by atoms with Gasteiger partial charge in [-0.25, -0.2) is 0 Å². The SMILES string of the molecule is CNCC(=O)N1CCC2NCCC21. The summed E-state index contributed by atoms with van der Waals surface area (Å²) in [5.41, 5.74) is 0. The summed E-state index contributed by atoms with van der Waals surface area (Å²) < 4.78 is 0. The van der Waals surface area contributed by atoms with Crippen LogP contribution in [0.25, 0.3) is 0 Å². The van der Waals surface area contributed by atoms with Crippen molar-refractivity contribution < 1.29 is 4.79 Å². The summed E-state index contributed by atoms with van der Waals surface area (Å²) in [6, 6.07) is 1.04. The van der Waals surface area contributed by atoms with Gasteiger partial charge in [0.15, 0.2) is 0 Å². The minimum absolute atomic E-state index is 0.249. The first-order chi connectivity index (χ1) is 6.33. The van der Waals surface area contributed by atoms with Crippen LogP contribution in [-0.2, 0) is 4.79 Å². The molecular formula is C9H17N3O. The second kappa shape index (κ2) is 3.64. The number of amides is 1. The van der Waals surface area contributed by atoms with Crippen LogP contribution in [0.1, 0.15) is 12.8 Å². The Balaban J connectivity index is 1.96. The van der Waals surface area contributed by atoms with Gasteiger partial charge in [-0.05, 0) is 26.4 Å². The van der Waals surface area contributed by atoms with E-state index in [1.165, 1.54) is 0 Å². The molecule has 13 heavy (non-hydrogen) atoms. The van der Waals surface area contributed by atoms with Crippen LogP contribution in [0.4, 0.5) is 0 Å². The molecule has 0 aromatic rings. The summed E-state index contributed by atoms with van der Waals surface area (Å²) in [4.78, 5) is 13.7. The lowest BCUT2D eigenvalue weighted by atomic mass is 10.1. The first kappa shape index (κ1) is 8.97. The van der Waals surface area contributed by atoms with Gasteiger partial charge in [0.25, 0.3) is 0 Å². The number of carbonyl (C=O) groups is 1. The second-order valence-corrected chi connectivity index (χ2v) is 3.82. The molecule has 2 atom stereocenters. The summed E-state index contributed by atoms with van der Waals surface area (Å²) >= 11 is 0. The van der Waals surface area contributed by atoms with E-state index in [-0.39, 0.29) is 5.91 Å². The Labute approximate surface area is 78.7 Å². The Hall–Kier alpha value is -0.610. The third kappa shape index (κ3) is 1.56. The number of fused-ring (bicyclic) bond motifs is 1. The van der Waals surface area contributed by atoms with Crippen molar-refractivity contribution in [1.29, 1.82) is 0 Å². The van der Waals surface area contributed by atoms with Gasteiger partial charge in [0.05, 0.1) is 6.54 Å². The number of carbonyl (C=O) groups excluding carboxylic acids is 1. The van der Waals surface area contributed by atoms with E-state index in [1.54, 1.807) is 0 Å². The number of nitrogens with one attached hydrogen (secondary N) is 2. The van der Waals surface area contributed by atoms with Gasteiger partial charge in [0.1, 0.15) is 0 Å². The van der Waals surface area contributed by atoms with Gasteiger partial charge in [-0.3, -0.25) is 4.79 Å². The van der Waals surface area contributed by atoms with Crippen molar-refractivity contribution in [3.05, 3.63) is 0 Å². The van der Waals surface area contributed by atoms with Crippen molar-refractivity contribution in [1.82, 2.24) is 15.5 Å². The topological polar surface area (TPSA) is 44.4 Å². The molecule has 74 valence electrons. The molecule has 2 unspecified atom stereocenters.